The highest BCUT2D eigenvalue weighted by molar-refractivity contribution is 5.90. The molecule has 7 nitrogen and oxygen atoms in total. The summed E-state index contributed by atoms with van der Waals surface area (Å²) in [6, 6.07) is 7.35. The molecule has 0 saturated heterocycles. The molecule has 0 aliphatic heterocycles. The molecule has 0 unspecified atom stereocenters. The molecule has 0 aliphatic rings. The van der Waals surface area contributed by atoms with Crippen molar-refractivity contribution in [2.75, 3.05) is 6.54 Å². The summed E-state index contributed by atoms with van der Waals surface area (Å²) in [5.74, 6) is -1.99. The third-order valence-electron chi connectivity index (χ3n) is 3.29. The smallest absolute Gasteiger partial charge is 0.326 e. The molecule has 1 aromatic carbocycles. The standard InChI is InChI=1S/C16H23N3O4/c1-11(20)18-14(10-12-6-3-2-4-7-12)15(21)19-13(16(22)23)8-5-9-17/h2-4,6-7,13-14H,5,8-10,17H2,1H3,(H,18,20)(H,19,21)(H,22,23)/t13-,14-/m0/s1. The van der Waals surface area contributed by atoms with Gasteiger partial charge in [0.15, 0.2) is 0 Å². The van der Waals surface area contributed by atoms with E-state index in [0.29, 0.717) is 13.0 Å². The topological polar surface area (TPSA) is 122 Å². The van der Waals surface area contributed by atoms with Gasteiger partial charge in [0, 0.05) is 13.3 Å². The van der Waals surface area contributed by atoms with Gasteiger partial charge in [0.25, 0.3) is 0 Å². The van der Waals surface area contributed by atoms with E-state index in [-0.39, 0.29) is 18.7 Å². The van der Waals surface area contributed by atoms with Crippen molar-refractivity contribution in [3.05, 3.63) is 35.9 Å². The van der Waals surface area contributed by atoms with Gasteiger partial charge in [0.1, 0.15) is 12.1 Å². The van der Waals surface area contributed by atoms with Gasteiger partial charge in [-0.05, 0) is 24.9 Å². The van der Waals surface area contributed by atoms with Crippen LogP contribution < -0.4 is 16.4 Å². The van der Waals surface area contributed by atoms with E-state index in [0.717, 1.165) is 5.56 Å². The number of carboxylic acids is 1. The Morgan fingerprint density at radius 2 is 1.78 bits per heavy atom. The van der Waals surface area contributed by atoms with Crippen molar-refractivity contribution < 1.29 is 19.5 Å². The fourth-order valence-electron chi connectivity index (χ4n) is 2.16. The second-order valence-electron chi connectivity index (χ2n) is 5.27. The van der Waals surface area contributed by atoms with Gasteiger partial charge in [-0.15, -0.1) is 0 Å². The summed E-state index contributed by atoms with van der Waals surface area (Å²) in [7, 11) is 0. The molecule has 0 saturated carbocycles. The molecular weight excluding hydrogens is 298 g/mol. The van der Waals surface area contributed by atoms with Crippen LogP contribution in [0.15, 0.2) is 30.3 Å². The highest BCUT2D eigenvalue weighted by Gasteiger charge is 2.25. The maximum absolute atomic E-state index is 12.3. The summed E-state index contributed by atoms with van der Waals surface area (Å²) in [6.07, 6.45) is 1.02. The van der Waals surface area contributed by atoms with Crippen LogP contribution in [-0.2, 0) is 20.8 Å². The van der Waals surface area contributed by atoms with Crippen LogP contribution in [0.5, 0.6) is 0 Å². The first kappa shape index (κ1) is 18.6. The minimum Gasteiger partial charge on any atom is -0.480 e. The number of rotatable bonds is 9. The van der Waals surface area contributed by atoms with E-state index in [2.05, 4.69) is 10.6 Å². The molecule has 1 rings (SSSR count). The molecule has 0 radical (unpaired) electrons. The van der Waals surface area contributed by atoms with Crippen molar-refractivity contribution in [2.45, 2.75) is 38.3 Å². The Morgan fingerprint density at radius 1 is 1.13 bits per heavy atom. The van der Waals surface area contributed by atoms with E-state index in [1.165, 1.54) is 6.92 Å². The van der Waals surface area contributed by atoms with Gasteiger partial charge >= 0.3 is 5.97 Å². The van der Waals surface area contributed by atoms with E-state index < -0.39 is 24.0 Å². The average Bonchev–Trinajstić information content (AvgIpc) is 2.50. The van der Waals surface area contributed by atoms with Crippen molar-refractivity contribution in [3.63, 3.8) is 0 Å². The summed E-state index contributed by atoms with van der Waals surface area (Å²) in [5, 5.41) is 14.2. The number of hydrogen-bond acceptors (Lipinski definition) is 4. The Morgan fingerprint density at radius 3 is 2.30 bits per heavy atom. The van der Waals surface area contributed by atoms with E-state index in [1.807, 2.05) is 30.3 Å². The van der Waals surface area contributed by atoms with Gasteiger partial charge in [-0.3, -0.25) is 9.59 Å². The number of carboxylic acid groups (broad SMARTS) is 1. The molecular formula is C16H23N3O4. The number of carbonyl (C=O) groups is 3. The fourth-order valence-corrected chi connectivity index (χ4v) is 2.16. The minimum atomic E-state index is -1.12. The lowest BCUT2D eigenvalue weighted by Crippen LogP contribution is -2.52. The van der Waals surface area contributed by atoms with Crippen LogP contribution in [0.4, 0.5) is 0 Å². The summed E-state index contributed by atoms with van der Waals surface area (Å²) in [5.41, 5.74) is 6.24. The molecule has 0 bridgehead atoms. The van der Waals surface area contributed by atoms with Crippen LogP contribution in [0.3, 0.4) is 0 Å². The molecule has 7 heteroatoms. The molecule has 0 spiro atoms. The van der Waals surface area contributed by atoms with Crippen LogP contribution in [0.2, 0.25) is 0 Å². The van der Waals surface area contributed by atoms with Crippen molar-refractivity contribution in [1.82, 2.24) is 10.6 Å². The van der Waals surface area contributed by atoms with Crippen molar-refractivity contribution in [3.8, 4) is 0 Å². The first-order chi connectivity index (χ1) is 10.9. The molecule has 0 heterocycles. The number of amides is 2. The van der Waals surface area contributed by atoms with Gasteiger partial charge in [-0.2, -0.15) is 0 Å². The van der Waals surface area contributed by atoms with Crippen LogP contribution in [0.25, 0.3) is 0 Å². The van der Waals surface area contributed by atoms with Crippen LogP contribution in [0, 0.1) is 0 Å². The molecule has 1 aromatic rings. The number of carbonyl (C=O) groups excluding carboxylic acids is 2. The van der Waals surface area contributed by atoms with Gasteiger partial charge in [-0.25, -0.2) is 4.79 Å². The van der Waals surface area contributed by atoms with Crippen LogP contribution in [0.1, 0.15) is 25.3 Å². The molecule has 2 atom stereocenters. The predicted molar refractivity (Wildman–Crippen MR) is 85.6 cm³/mol. The van der Waals surface area contributed by atoms with Crippen LogP contribution >= 0.6 is 0 Å². The zero-order chi connectivity index (χ0) is 17.2. The van der Waals surface area contributed by atoms with Crippen molar-refractivity contribution >= 4 is 17.8 Å². The Bertz CT molecular complexity index is 533. The zero-order valence-electron chi connectivity index (χ0n) is 13.1. The molecule has 5 N–H and O–H groups in total. The third-order valence-corrected chi connectivity index (χ3v) is 3.29. The van der Waals surface area contributed by atoms with Crippen LogP contribution in [-0.4, -0.2) is 41.5 Å². The van der Waals surface area contributed by atoms with E-state index in [9.17, 15) is 14.4 Å². The number of nitrogens with one attached hydrogen (secondary N) is 2. The molecule has 23 heavy (non-hydrogen) atoms. The first-order valence-electron chi connectivity index (χ1n) is 7.48. The third kappa shape index (κ3) is 6.92. The maximum atomic E-state index is 12.3. The highest BCUT2D eigenvalue weighted by Crippen LogP contribution is 2.05. The van der Waals surface area contributed by atoms with Gasteiger partial charge in [-0.1, -0.05) is 30.3 Å². The molecule has 126 valence electrons. The normalized spacial score (nSPS) is 13.0. The average molecular weight is 321 g/mol. The Hall–Kier alpha value is -2.41. The van der Waals surface area contributed by atoms with E-state index in [4.69, 9.17) is 10.8 Å². The molecule has 2 amide bonds. The number of aliphatic carboxylic acids is 1. The SMILES string of the molecule is CC(=O)N[C@@H](Cc1ccccc1)C(=O)N[C@@H](CCCN)C(=O)O. The Balaban J connectivity index is 2.77. The zero-order valence-corrected chi connectivity index (χ0v) is 13.1. The fraction of sp³-hybridized carbons (Fsp3) is 0.438. The van der Waals surface area contributed by atoms with E-state index in [1.54, 1.807) is 0 Å². The minimum absolute atomic E-state index is 0.246. The second-order valence-corrected chi connectivity index (χ2v) is 5.27. The Kier molecular flexibility index (Phi) is 7.76. The second kappa shape index (κ2) is 9.58. The number of benzene rings is 1. The van der Waals surface area contributed by atoms with E-state index >= 15 is 0 Å². The number of nitrogens with two attached hydrogens (primary N) is 1. The lowest BCUT2D eigenvalue weighted by molar-refractivity contribution is -0.142. The lowest BCUT2D eigenvalue weighted by Gasteiger charge is -2.21. The van der Waals surface area contributed by atoms with Gasteiger partial charge in [0.05, 0.1) is 0 Å². The first-order valence-corrected chi connectivity index (χ1v) is 7.48. The monoisotopic (exact) mass is 321 g/mol. The van der Waals surface area contributed by atoms with Crippen molar-refractivity contribution in [2.24, 2.45) is 5.73 Å². The maximum Gasteiger partial charge on any atom is 0.326 e. The summed E-state index contributed by atoms with van der Waals surface area (Å²) >= 11 is 0. The summed E-state index contributed by atoms with van der Waals surface area (Å²) in [6.45, 7) is 1.66. The highest BCUT2D eigenvalue weighted by atomic mass is 16.4. The summed E-state index contributed by atoms with van der Waals surface area (Å²) in [4.78, 5) is 34.9. The Labute approximate surface area is 135 Å². The predicted octanol–water partition coefficient (Wildman–Crippen LogP) is 0.0421. The molecule has 0 aromatic heterocycles. The van der Waals surface area contributed by atoms with Gasteiger partial charge in [0.2, 0.25) is 11.8 Å². The van der Waals surface area contributed by atoms with Gasteiger partial charge < -0.3 is 21.5 Å². The molecule has 0 fully saturated rings. The largest absolute Gasteiger partial charge is 0.480 e. The summed E-state index contributed by atoms with van der Waals surface area (Å²) < 4.78 is 0. The van der Waals surface area contributed by atoms with Crippen molar-refractivity contribution in [1.29, 1.82) is 0 Å². The molecule has 0 aliphatic carbocycles. The lowest BCUT2D eigenvalue weighted by atomic mass is 10.0. The number of hydrogen-bond donors (Lipinski definition) is 4. The quantitative estimate of drug-likeness (QED) is 0.512.